The largest absolute Gasteiger partial charge is 0.0829 e. The Labute approximate surface area is 135 Å². The summed E-state index contributed by atoms with van der Waals surface area (Å²) in [5.41, 5.74) is 0. The van der Waals surface area contributed by atoms with Gasteiger partial charge in [-0.3, -0.25) is 0 Å². The Morgan fingerprint density at radius 1 is 1.18 bits per heavy atom. The minimum atomic E-state index is 0.859. The molecule has 0 nitrogen and oxygen atoms in total. The number of hydrogen-bond acceptors (Lipinski definition) is 0. The predicted octanol–water partition coefficient (Wildman–Crippen LogP) is 6.25. The second kappa shape index (κ2) is 8.60. The molecule has 0 amide bonds. The van der Waals surface area contributed by atoms with E-state index >= 15 is 0 Å². The van der Waals surface area contributed by atoms with Gasteiger partial charge in [-0.25, -0.2) is 0 Å². The SMILES string of the molecule is CCCCC1CC(CC(C)I)CC[C@@H]1C(C)I. The molecule has 1 saturated carbocycles. The number of alkyl halides is 2. The molecule has 0 N–H and O–H groups in total. The molecule has 5 atom stereocenters. The fourth-order valence-corrected chi connectivity index (χ4v) is 5.13. The summed E-state index contributed by atoms with van der Waals surface area (Å²) in [5.74, 6) is 3.05. The van der Waals surface area contributed by atoms with Crippen LogP contribution in [-0.4, -0.2) is 7.85 Å². The summed E-state index contributed by atoms with van der Waals surface area (Å²) in [4.78, 5) is 0. The first-order valence-corrected chi connectivity index (χ1v) is 9.81. The molecule has 0 heterocycles. The molecule has 17 heavy (non-hydrogen) atoms. The Hall–Kier alpha value is 1.46. The monoisotopic (exact) mass is 462 g/mol. The molecule has 102 valence electrons. The van der Waals surface area contributed by atoms with Crippen molar-refractivity contribution in [3.05, 3.63) is 0 Å². The Balaban J connectivity index is 2.50. The van der Waals surface area contributed by atoms with E-state index in [2.05, 4.69) is 66.0 Å². The molecular weight excluding hydrogens is 434 g/mol. The summed E-state index contributed by atoms with van der Waals surface area (Å²) in [7, 11) is 0. The molecule has 0 saturated heterocycles. The van der Waals surface area contributed by atoms with Gasteiger partial charge in [0.2, 0.25) is 0 Å². The van der Waals surface area contributed by atoms with Gasteiger partial charge >= 0.3 is 0 Å². The fourth-order valence-electron chi connectivity index (χ4n) is 3.46. The van der Waals surface area contributed by atoms with Crippen LogP contribution in [-0.2, 0) is 0 Å². The molecule has 0 bridgehead atoms. The van der Waals surface area contributed by atoms with Crippen molar-refractivity contribution in [2.45, 2.75) is 73.6 Å². The molecule has 0 aromatic carbocycles. The summed E-state index contributed by atoms with van der Waals surface area (Å²) in [6, 6.07) is 0. The van der Waals surface area contributed by atoms with Crippen molar-refractivity contribution in [2.24, 2.45) is 17.8 Å². The maximum absolute atomic E-state index is 2.66. The molecule has 1 fully saturated rings. The van der Waals surface area contributed by atoms with Gasteiger partial charge in [0.25, 0.3) is 0 Å². The molecule has 4 unspecified atom stereocenters. The van der Waals surface area contributed by atoms with Gasteiger partial charge < -0.3 is 0 Å². The highest BCUT2D eigenvalue weighted by atomic mass is 127. The number of unbranched alkanes of at least 4 members (excludes halogenated alkanes) is 1. The van der Waals surface area contributed by atoms with E-state index in [0.717, 1.165) is 25.6 Å². The van der Waals surface area contributed by atoms with Crippen molar-refractivity contribution in [3.63, 3.8) is 0 Å². The van der Waals surface area contributed by atoms with Gasteiger partial charge in [0.05, 0.1) is 0 Å². The van der Waals surface area contributed by atoms with Crippen molar-refractivity contribution in [1.29, 1.82) is 0 Å². The highest BCUT2D eigenvalue weighted by molar-refractivity contribution is 14.1. The van der Waals surface area contributed by atoms with Crippen LogP contribution in [0.3, 0.4) is 0 Å². The van der Waals surface area contributed by atoms with Gasteiger partial charge in [-0.1, -0.05) is 91.6 Å². The van der Waals surface area contributed by atoms with Crippen molar-refractivity contribution < 1.29 is 0 Å². The average Bonchev–Trinajstić information content (AvgIpc) is 2.25. The molecule has 0 aliphatic heterocycles. The first kappa shape index (κ1) is 16.5. The molecule has 0 spiro atoms. The van der Waals surface area contributed by atoms with Crippen molar-refractivity contribution >= 4 is 45.2 Å². The van der Waals surface area contributed by atoms with E-state index in [1.165, 1.54) is 44.9 Å². The molecular formula is C15H28I2. The van der Waals surface area contributed by atoms with Gasteiger partial charge in [0, 0.05) is 7.85 Å². The summed E-state index contributed by atoms with van der Waals surface area (Å²) in [6.07, 6.45) is 10.3. The first-order chi connectivity index (χ1) is 8.04. The van der Waals surface area contributed by atoms with Gasteiger partial charge in [0.1, 0.15) is 0 Å². The third-order valence-electron chi connectivity index (χ3n) is 4.33. The zero-order chi connectivity index (χ0) is 12.8. The molecule has 0 aromatic heterocycles. The van der Waals surface area contributed by atoms with Crippen molar-refractivity contribution in [2.75, 3.05) is 0 Å². The van der Waals surface area contributed by atoms with E-state index in [9.17, 15) is 0 Å². The second-order valence-corrected chi connectivity index (χ2v) is 10.0. The van der Waals surface area contributed by atoms with Crippen LogP contribution in [0.4, 0.5) is 0 Å². The van der Waals surface area contributed by atoms with Crippen molar-refractivity contribution in [3.8, 4) is 0 Å². The molecule has 1 rings (SSSR count). The van der Waals surface area contributed by atoms with Crippen LogP contribution >= 0.6 is 45.2 Å². The highest BCUT2D eigenvalue weighted by Gasteiger charge is 2.32. The summed E-state index contributed by atoms with van der Waals surface area (Å²) >= 11 is 5.26. The van der Waals surface area contributed by atoms with Gasteiger partial charge in [0.15, 0.2) is 0 Å². The zero-order valence-corrected chi connectivity index (χ0v) is 15.9. The highest BCUT2D eigenvalue weighted by Crippen LogP contribution is 2.42. The third kappa shape index (κ3) is 5.96. The van der Waals surface area contributed by atoms with E-state index in [1.807, 2.05) is 0 Å². The van der Waals surface area contributed by atoms with Crippen LogP contribution in [0.2, 0.25) is 0 Å². The van der Waals surface area contributed by atoms with E-state index in [4.69, 9.17) is 0 Å². The van der Waals surface area contributed by atoms with Crippen LogP contribution in [0, 0.1) is 17.8 Å². The van der Waals surface area contributed by atoms with E-state index in [-0.39, 0.29) is 0 Å². The Bertz CT molecular complexity index is 201. The topological polar surface area (TPSA) is 0 Å². The molecule has 0 aromatic rings. The lowest BCUT2D eigenvalue weighted by atomic mass is 9.70. The van der Waals surface area contributed by atoms with E-state index in [0.29, 0.717) is 0 Å². The Kier molecular flexibility index (Phi) is 8.35. The quantitative estimate of drug-likeness (QED) is 0.324. The first-order valence-electron chi connectivity index (χ1n) is 7.32. The number of hydrogen-bond donors (Lipinski definition) is 0. The Morgan fingerprint density at radius 2 is 1.88 bits per heavy atom. The van der Waals surface area contributed by atoms with Crippen LogP contribution in [0.25, 0.3) is 0 Å². The summed E-state index contributed by atoms with van der Waals surface area (Å²) in [5, 5.41) is 0. The van der Waals surface area contributed by atoms with Crippen LogP contribution < -0.4 is 0 Å². The Morgan fingerprint density at radius 3 is 2.41 bits per heavy atom. The van der Waals surface area contributed by atoms with Crippen LogP contribution in [0.15, 0.2) is 0 Å². The minimum Gasteiger partial charge on any atom is -0.0829 e. The minimum absolute atomic E-state index is 0.859. The molecule has 2 heteroatoms. The lowest BCUT2D eigenvalue weighted by molar-refractivity contribution is 0.164. The summed E-state index contributed by atoms with van der Waals surface area (Å²) in [6.45, 7) is 7.12. The van der Waals surface area contributed by atoms with Gasteiger partial charge in [-0.05, 0) is 37.0 Å². The van der Waals surface area contributed by atoms with Crippen LogP contribution in [0.1, 0.15) is 65.7 Å². The average molecular weight is 462 g/mol. The number of halogens is 2. The third-order valence-corrected chi connectivity index (χ3v) is 5.76. The molecule has 0 radical (unpaired) electrons. The lowest BCUT2D eigenvalue weighted by Crippen LogP contribution is -2.30. The normalized spacial score (nSPS) is 33.4. The van der Waals surface area contributed by atoms with E-state index in [1.54, 1.807) is 0 Å². The zero-order valence-electron chi connectivity index (χ0n) is 11.6. The second-order valence-electron chi connectivity index (χ2n) is 5.94. The maximum Gasteiger partial charge on any atom is 0.0112 e. The predicted molar refractivity (Wildman–Crippen MR) is 95.4 cm³/mol. The fraction of sp³-hybridized carbons (Fsp3) is 1.00. The number of rotatable bonds is 6. The van der Waals surface area contributed by atoms with Crippen molar-refractivity contribution in [1.82, 2.24) is 0 Å². The standard InChI is InChI=1S/C15H28I2/c1-4-5-6-14-10-13(9-11(2)16)7-8-15(14)12(3)17/h11-15H,4-10H2,1-3H3/t11?,12?,13?,14?,15-/m1/s1. The lowest BCUT2D eigenvalue weighted by Gasteiger charge is -2.38. The molecule has 1 aliphatic carbocycles. The van der Waals surface area contributed by atoms with Gasteiger partial charge in [-0.15, -0.1) is 0 Å². The van der Waals surface area contributed by atoms with E-state index < -0.39 is 0 Å². The van der Waals surface area contributed by atoms with Crippen LogP contribution in [0.5, 0.6) is 0 Å². The maximum atomic E-state index is 2.66. The summed E-state index contributed by atoms with van der Waals surface area (Å²) < 4.78 is 1.73. The van der Waals surface area contributed by atoms with Gasteiger partial charge in [-0.2, -0.15) is 0 Å². The molecule has 1 aliphatic rings. The smallest absolute Gasteiger partial charge is 0.0112 e.